The molecule has 0 amide bonds. The van der Waals surface area contributed by atoms with Crippen molar-refractivity contribution in [2.75, 3.05) is 6.54 Å². The smallest absolute Gasteiger partial charge is 0.0837 e. The second-order valence-corrected chi connectivity index (χ2v) is 6.04. The Labute approximate surface area is 85.6 Å². The van der Waals surface area contributed by atoms with Gasteiger partial charge in [-0.3, -0.25) is 4.84 Å². The summed E-state index contributed by atoms with van der Waals surface area (Å²) in [4.78, 5) is 6.07. The zero-order valence-electron chi connectivity index (χ0n) is 8.86. The lowest BCUT2D eigenvalue weighted by atomic mass is 9.61. The molecule has 2 saturated carbocycles. The first-order valence-corrected chi connectivity index (χ1v) is 6.24. The number of hydrogen-bond acceptors (Lipinski definition) is 2. The molecule has 2 heterocycles. The number of fused-ring (bicyclic) bond motifs is 2. The molecule has 0 aromatic rings. The van der Waals surface area contributed by atoms with Gasteiger partial charge < -0.3 is 0 Å². The van der Waals surface area contributed by atoms with Crippen molar-refractivity contribution in [1.82, 2.24) is 5.06 Å². The summed E-state index contributed by atoms with van der Waals surface area (Å²) in [6.07, 6.45) is 6.31. The monoisotopic (exact) mass is 193 g/mol. The average molecular weight is 193 g/mol. The zero-order valence-corrected chi connectivity index (χ0v) is 8.86. The molecule has 7 atom stereocenters. The minimum atomic E-state index is 0.603. The summed E-state index contributed by atoms with van der Waals surface area (Å²) in [6.45, 7) is 3.67. The molecule has 4 aliphatic rings. The van der Waals surface area contributed by atoms with Gasteiger partial charge in [0.05, 0.1) is 6.10 Å². The summed E-state index contributed by atoms with van der Waals surface area (Å²) in [5.41, 5.74) is 0. The third-order valence-electron chi connectivity index (χ3n) is 5.14. The SMILES string of the molecule is C[C@@H]1CC2CC3ON4CC3C[C@H]2C4C1. The Morgan fingerprint density at radius 1 is 1.07 bits per heavy atom. The van der Waals surface area contributed by atoms with Crippen LogP contribution in [-0.2, 0) is 4.84 Å². The highest BCUT2D eigenvalue weighted by molar-refractivity contribution is 5.03. The van der Waals surface area contributed by atoms with Crippen LogP contribution < -0.4 is 0 Å². The molecule has 0 aromatic heterocycles. The predicted molar refractivity (Wildman–Crippen MR) is 53.5 cm³/mol. The number of rotatable bonds is 0. The molecule has 2 saturated heterocycles. The highest BCUT2D eigenvalue weighted by atomic mass is 16.7. The molecule has 14 heavy (non-hydrogen) atoms. The van der Waals surface area contributed by atoms with Crippen molar-refractivity contribution in [1.29, 1.82) is 0 Å². The van der Waals surface area contributed by atoms with E-state index in [1.165, 1.54) is 32.2 Å². The van der Waals surface area contributed by atoms with Crippen LogP contribution >= 0.6 is 0 Å². The topological polar surface area (TPSA) is 12.5 Å². The summed E-state index contributed by atoms with van der Waals surface area (Å²) in [6, 6.07) is 0.785. The van der Waals surface area contributed by atoms with E-state index in [1.807, 2.05) is 0 Å². The number of hydrogen-bond donors (Lipinski definition) is 0. The van der Waals surface area contributed by atoms with Crippen molar-refractivity contribution >= 4 is 0 Å². The standard InChI is InChI=1S/C12H19NO/c1-7-2-8-5-12-9-4-10(8)11(3-7)13(6-9)14-12/h7-12H,2-6H2,1H3/t7-,8?,9?,10-,11?,12?/m1/s1. The predicted octanol–water partition coefficient (Wildman–Crippen LogP) is 2.06. The molecular weight excluding hydrogens is 174 g/mol. The van der Waals surface area contributed by atoms with Gasteiger partial charge in [-0.1, -0.05) is 6.92 Å². The highest BCUT2D eigenvalue weighted by Crippen LogP contribution is 2.54. The molecule has 4 fully saturated rings. The molecule has 2 heteroatoms. The maximum atomic E-state index is 6.07. The van der Waals surface area contributed by atoms with Gasteiger partial charge in [-0.2, -0.15) is 5.06 Å². The van der Waals surface area contributed by atoms with E-state index in [2.05, 4.69) is 12.0 Å². The second-order valence-electron chi connectivity index (χ2n) is 6.04. The molecule has 0 radical (unpaired) electrons. The molecular formula is C12H19NO. The molecule has 5 unspecified atom stereocenters. The van der Waals surface area contributed by atoms with Crippen molar-refractivity contribution in [2.45, 2.75) is 44.8 Å². The second kappa shape index (κ2) is 2.53. The summed E-state index contributed by atoms with van der Waals surface area (Å²) in [5.74, 6) is 3.81. The maximum Gasteiger partial charge on any atom is 0.0837 e. The van der Waals surface area contributed by atoms with Gasteiger partial charge in [0.2, 0.25) is 0 Å². The van der Waals surface area contributed by atoms with Crippen LogP contribution in [0.2, 0.25) is 0 Å². The molecule has 3 bridgehead atoms. The van der Waals surface area contributed by atoms with Crippen molar-refractivity contribution in [3.63, 3.8) is 0 Å². The molecule has 0 N–H and O–H groups in total. The van der Waals surface area contributed by atoms with Crippen molar-refractivity contribution in [3.05, 3.63) is 0 Å². The Hall–Kier alpha value is -0.0800. The molecule has 4 rings (SSSR count). The molecule has 0 spiro atoms. The first-order chi connectivity index (χ1) is 6.81. The van der Waals surface area contributed by atoms with Gasteiger partial charge in [0.1, 0.15) is 0 Å². The average Bonchev–Trinajstić information content (AvgIpc) is 2.48. The van der Waals surface area contributed by atoms with E-state index >= 15 is 0 Å². The number of hydroxylamine groups is 2. The van der Waals surface area contributed by atoms with E-state index in [1.54, 1.807) is 0 Å². The van der Waals surface area contributed by atoms with Crippen molar-refractivity contribution in [2.24, 2.45) is 23.7 Å². The van der Waals surface area contributed by atoms with E-state index in [4.69, 9.17) is 4.84 Å². The fourth-order valence-corrected chi connectivity index (χ4v) is 4.62. The van der Waals surface area contributed by atoms with Gasteiger partial charge in [0, 0.05) is 18.5 Å². The summed E-state index contributed by atoms with van der Waals surface area (Å²) in [7, 11) is 0. The lowest BCUT2D eigenvalue weighted by Crippen LogP contribution is -2.50. The highest BCUT2D eigenvalue weighted by Gasteiger charge is 2.55. The van der Waals surface area contributed by atoms with Crippen LogP contribution in [0.1, 0.15) is 32.6 Å². The van der Waals surface area contributed by atoms with Crippen LogP contribution in [0.15, 0.2) is 0 Å². The number of nitrogens with zero attached hydrogens (tertiary/aromatic N) is 1. The summed E-state index contributed by atoms with van der Waals surface area (Å²) in [5, 5.41) is 2.36. The Balaban J connectivity index is 1.74. The fourth-order valence-electron chi connectivity index (χ4n) is 4.62. The Morgan fingerprint density at radius 2 is 2.00 bits per heavy atom. The van der Waals surface area contributed by atoms with Gasteiger partial charge in [0.15, 0.2) is 0 Å². The van der Waals surface area contributed by atoms with Crippen LogP contribution in [0.5, 0.6) is 0 Å². The first-order valence-electron chi connectivity index (χ1n) is 6.24. The van der Waals surface area contributed by atoms with Gasteiger partial charge in [-0.05, 0) is 43.4 Å². The molecule has 78 valence electrons. The molecule has 2 nitrogen and oxygen atoms in total. The van der Waals surface area contributed by atoms with E-state index < -0.39 is 0 Å². The number of piperidine rings is 1. The Morgan fingerprint density at radius 3 is 2.93 bits per heavy atom. The normalized spacial score (nSPS) is 64.5. The van der Waals surface area contributed by atoms with Gasteiger partial charge in [-0.15, -0.1) is 0 Å². The third-order valence-corrected chi connectivity index (χ3v) is 5.14. The van der Waals surface area contributed by atoms with Gasteiger partial charge >= 0.3 is 0 Å². The summed E-state index contributed by atoms with van der Waals surface area (Å²) < 4.78 is 0. The lowest BCUT2D eigenvalue weighted by Gasteiger charge is -2.48. The van der Waals surface area contributed by atoms with Crippen LogP contribution in [0.3, 0.4) is 0 Å². The van der Waals surface area contributed by atoms with E-state index in [0.717, 1.165) is 29.7 Å². The van der Waals surface area contributed by atoms with E-state index in [9.17, 15) is 0 Å². The molecule has 2 aliphatic carbocycles. The summed E-state index contributed by atoms with van der Waals surface area (Å²) >= 11 is 0. The van der Waals surface area contributed by atoms with E-state index in [-0.39, 0.29) is 0 Å². The minimum Gasteiger partial charge on any atom is -0.295 e. The fraction of sp³-hybridized carbons (Fsp3) is 1.00. The lowest BCUT2D eigenvalue weighted by molar-refractivity contribution is -0.172. The quantitative estimate of drug-likeness (QED) is 0.584. The van der Waals surface area contributed by atoms with Crippen LogP contribution in [0.25, 0.3) is 0 Å². The third kappa shape index (κ3) is 0.892. The largest absolute Gasteiger partial charge is 0.295 e. The van der Waals surface area contributed by atoms with Crippen molar-refractivity contribution in [3.8, 4) is 0 Å². The van der Waals surface area contributed by atoms with Gasteiger partial charge in [-0.25, -0.2) is 0 Å². The van der Waals surface area contributed by atoms with Crippen LogP contribution in [-0.4, -0.2) is 23.8 Å². The van der Waals surface area contributed by atoms with Crippen LogP contribution in [0.4, 0.5) is 0 Å². The Bertz CT molecular complexity index is 267. The van der Waals surface area contributed by atoms with E-state index in [0.29, 0.717) is 6.10 Å². The minimum absolute atomic E-state index is 0.603. The van der Waals surface area contributed by atoms with Crippen LogP contribution in [0, 0.1) is 23.7 Å². The maximum absolute atomic E-state index is 6.07. The zero-order chi connectivity index (χ0) is 9.28. The van der Waals surface area contributed by atoms with Crippen molar-refractivity contribution < 1.29 is 4.84 Å². The molecule has 0 aromatic carbocycles. The Kier molecular flexibility index (Phi) is 1.47. The van der Waals surface area contributed by atoms with Gasteiger partial charge in [0.25, 0.3) is 0 Å². The molecule has 2 aliphatic heterocycles. The first kappa shape index (κ1) is 8.12.